The van der Waals surface area contributed by atoms with E-state index in [9.17, 15) is 9.18 Å². The van der Waals surface area contributed by atoms with E-state index in [1.54, 1.807) is 18.0 Å². The smallest absolute Gasteiger partial charge is 0.317 e. The lowest BCUT2D eigenvalue weighted by atomic mass is 10.0. The van der Waals surface area contributed by atoms with Gasteiger partial charge in [-0.25, -0.2) is 9.18 Å². The number of benzene rings is 2. The van der Waals surface area contributed by atoms with Crippen molar-refractivity contribution >= 4 is 6.03 Å². The van der Waals surface area contributed by atoms with E-state index < -0.39 is 0 Å². The minimum absolute atomic E-state index is 0.0647. The summed E-state index contributed by atoms with van der Waals surface area (Å²) in [4.78, 5) is 16.4. The maximum absolute atomic E-state index is 13.3. The van der Waals surface area contributed by atoms with E-state index in [0.717, 1.165) is 18.5 Å². The van der Waals surface area contributed by atoms with E-state index in [2.05, 4.69) is 29.4 Å². The highest BCUT2D eigenvalue weighted by molar-refractivity contribution is 5.74. The minimum Gasteiger partial charge on any atom is -0.333 e. The number of likely N-dealkylation sites (tertiary alicyclic amines) is 1. The molecule has 1 aliphatic rings. The Labute approximate surface area is 148 Å². The summed E-state index contributed by atoms with van der Waals surface area (Å²) in [5.41, 5.74) is 1.99. The number of hydrogen-bond acceptors (Lipinski definition) is 2. The van der Waals surface area contributed by atoms with E-state index in [1.165, 1.54) is 17.7 Å². The third-order valence-electron chi connectivity index (χ3n) is 4.75. The molecule has 0 radical (unpaired) electrons. The highest BCUT2D eigenvalue weighted by Crippen LogP contribution is 2.30. The first kappa shape index (κ1) is 17.4. The predicted octanol–water partition coefficient (Wildman–Crippen LogP) is 3.41. The van der Waals surface area contributed by atoms with Crippen LogP contribution < -0.4 is 5.32 Å². The van der Waals surface area contributed by atoms with Crippen LogP contribution >= 0.6 is 0 Å². The standard InChI is InChI=1S/C20H24FN3O/c1-23-12-11-18(19(23)16-8-4-3-5-9-16)22-20(25)24(2)14-15-7-6-10-17(21)13-15/h3-10,13,18-19H,11-12,14H2,1-2H3,(H,22,25). The molecule has 3 rings (SSSR count). The van der Waals surface area contributed by atoms with Gasteiger partial charge >= 0.3 is 6.03 Å². The van der Waals surface area contributed by atoms with Crippen molar-refractivity contribution in [3.63, 3.8) is 0 Å². The zero-order valence-corrected chi connectivity index (χ0v) is 14.7. The first-order valence-corrected chi connectivity index (χ1v) is 8.56. The van der Waals surface area contributed by atoms with Crippen LogP contribution in [0.3, 0.4) is 0 Å². The van der Waals surface area contributed by atoms with Gasteiger partial charge in [0.2, 0.25) is 0 Å². The summed E-state index contributed by atoms with van der Waals surface area (Å²) >= 11 is 0. The average molecular weight is 341 g/mol. The molecule has 0 spiro atoms. The Morgan fingerprint density at radius 1 is 1.24 bits per heavy atom. The van der Waals surface area contributed by atoms with Crippen molar-refractivity contribution in [3.8, 4) is 0 Å². The number of amides is 2. The fourth-order valence-electron chi connectivity index (χ4n) is 3.48. The molecule has 5 heteroatoms. The van der Waals surface area contributed by atoms with E-state index in [4.69, 9.17) is 0 Å². The number of nitrogens with zero attached hydrogens (tertiary/aromatic N) is 2. The van der Waals surface area contributed by atoms with Crippen molar-refractivity contribution in [1.82, 2.24) is 15.1 Å². The SMILES string of the molecule is CN(Cc1cccc(F)c1)C(=O)NC1CCN(C)C1c1ccccc1. The number of halogens is 1. The van der Waals surface area contributed by atoms with Gasteiger partial charge in [0.1, 0.15) is 5.82 Å². The van der Waals surface area contributed by atoms with Crippen LogP contribution in [0.2, 0.25) is 0 Å². The van der Waals surface area contributed by atoms with Gasteiger partial charge in [0.15, 0.2) is 0 Å². The summed E-state index contributed by atoms with van der Waals surface area (Å²) in [6, 6.07) is 16.7. The van der Waals surface area contributed by atoms with Gasteiger partial charge in [-0.3, -0.25) is 4.90 Å². The lowest BCUT2D eigenvalue weighted by molar-refractivity contribution is 0.197. The quantitative estimate of drug-likeness (QED) is 0.925. The van der Waals surface area contributed by atoms with Gasteiger partial charge < -0.3 is 10.2 Å². The second kappa shape index (κ2) is 7.66. The number of nitrogens with one attached hydrogen (secondary N) is 1. The molecule has 2 atom stereocenters. The molecule has 132 valence electrons. The molecular formula is C20H24FN3O. The lowest BCUT2D eigenvalue weighted by Crippen LogP contribution is -2.44. The second-order valence-electron chi connectivity index (χ2n) is 6.67. The average Bonchev–Trinajstić information content (AvgIpc) is 2.96. The molecule has 0 aliphatic carbocycles. The molecular weight excluding hydrogens is 317 g/mol. The molecule has 4 nitrogen and oxygen atoms in total. The van der Waals surface area contributed by atoms with Crippen LogP contribution in [0.4, 0.5) is 9.18 Å². The number of urea groups is 1. The molecule has 1 aliphatic heterocycles. The second-order valence-corrected chi connectivity index (χ2v) is 6.67. The zero-order valence-electron chi connectivity index (χ0n) is 14.7. The molecule has 1 saturated heterocycles. The van der Waals surface area contributed by atoms with Gasteiger partial charge in [-0.15, -0.1) is 0 Å². The first-order valence-electron chi connectivity index (χ1n) is 8.56. The maximum Gasteiger partial charge on any atom is 0.317 e. The van der Waals surface area contributed by atoms with Gasteiger partial charge in [0, 0.05) is 20.1 Å². The van der Waals surface area contributed by atoms with Gasteiger partial charge in [-0.1, -0.05) is 42.5 Å². The molecule has 1 N–H and O–H groups in total. The Kier molecular flexibility index (Phi) is 5.34. The number of carbonyl (C=O) groups excluding carboxylic acids is 1. The number of rotatable bonds is 4. The monoisotopic (exact) mass is 341 g/mol. The van der Waals surface area contributed by atoms with Gasteiger partial charge in [-0.2, -0.15) is 0 Å². The molecule has 0 saturated carbocycles. The van der Waals surface area contributed by atoms with Crippen LogP contribution in [0.1, 0.15) is 23.6 Å². The first-order chi connectivity index (χ1) is 12.0. The summed E-state index contributed by atoms with van der Waals surface area (Å²) in [6.07, 6.45) is 0.912. The van der Waals surface area contributed by atoms with Gasteiger partial charge in [0.05, 0.1) is 12.1 Å². The summed E-state index contributed by atoms with van der Waals surface area (Å²) in [6.45, 7) is 1.32. The van der Waals surface area contributed by atoms with Crippen LogP contribution in [0, 0.1) is 5.82 Å². The molecule has 2 amide bonds. The van der Waals surface area contributed by atoms with Gasteiger partial charge in [-0.05, 0) is 36.7 Å². The summed E-state index contributed by atoms with van der Waals surface area (Å²) in [5, 5.41) is 3.14. The zero-order chi connectivity index (χ0) is 17.8. The minimum atomic E-state index is -0.284. The molecule has 1 fully saturated rings. The van der Waals surface area contributed by atoms with Crippen LogP contribution in [0.25, 0.3) is 0 Å². The Bertz CT molecular complexity index is 722. The van der Waals surface area contributed by atoms with Crippen LogP contribution in [-0.4, -0.2) is 42.5 Å². The Balaban J connectivity index is 1.65. The number of carbonyl (C=O) groups is 1. The molecule has 25 heavy (non-hydrogen) atoms. The molecule has 2 aromatic rings. The topological polar surface area (TPSA) is 35.6 Å². The summed E-state index contributed by atoms with van der Waals surface area (Å²) < 4.78 is 13.3. The summed E-state index contributed by atoms with van der Waals surface area (Å²) in [5.74, 6) is -0.284. The normalized spacial score (nSPS) is 20.4. The van der Waals surface area contributed by atoms with Crippen LogP contribution in [0.5, 0.6) is 0 Å². The summed E-state index contributed by atoms with van der Waals surface area (Å²) in [7, 11) is 3.82. The Morgan fingerprint density at radius 3 is 2.72 bits per heavy atom. The Hall–Kier alpha value is -2.40. The lowest BCUT2D eigenvalue weighted by Gasteiger charge is -2.28. The molecule has 0 bridgehead atoms. The molecule has 1 heterocycles. The maximum atomic E-state index is 13.3. The third-order valence-corrected chi connectivity index (χ3v) is 4.75. The number of hydrogen-bond donors (Lipinski definition) is 1. The van der Waals surface area contributed by atoms with Crippen LogP contribution in [0.15, 0.2) is 54.6 Å². The van der Waals surface area contributed by atoms with E-state index in [1.807, 2.05) is 24.3 Å². The molecule has 2 unspecified atom stereocenters. The highest BCUT2D eigenvalue weighted by atomic mass is 19.1. The third kappa shape index (κ3) is 4.17. The van der Waals surface area contributed by atoms with Crippen LogP contribution in [-0.2, 0) is 6.54 Å². The molecule has 2 aromatic carbocycles. The van der Waals surface area contributed by atoms with E-state index >= 15 is 0 Å². The Morgan fingerprint density at radius 2 is 2.00 bits per heavy atom. The fraction of sp³-hybridized carbons (Fsp3) is 0.350. The fourth-order valence-corrected chi connectivity index (χ4v) is 3.48. The number of likely N-dealkylation sites (N-methyl/N-ethyl adjacent to an activating group) is 1. The molecule has 0 aromatic heterocycles. The van der Waals surface area contributed by atoms with Gasteiger partial charge in [0.25, 0.3) is 0 Å². The van der Waals surface area contributed by atoms with Crippen molar-refractivity contribution in [2.45, 2.75) is 25.0 Å². The highest BCUT2D eigenvalue weighted by Gasteiger charge is 2.34. The van der Waals surface area contributed by atoms with E-state index in [-0.39, 0.29) is 23.9 Å². The van der Waals surface area contributed by atoms with Crippen molar-refractivity contribution in [1.29, 1.82) is 0 Å². The van der Waals surface area contributed by atoms with E-state index in [0.29, 0.717) is 6.54 Å². The van der Waals surface area contributed by atoms with Crippen molar-refractivity contribution in [2.24, 2.45) is 0 Å². The largest absolute Gasteiger partial charge is 0.333 e. The van der Waals surface area contributed by atoms with Crippen molar-refractivity contribution < 1.29 is 9.18 Å². The van der Waals surface area contributed by atoms with Crippen molar-refractivity contribution in [2.75, 3.05) is 20.6 Å². The predicted molar refractivity (Wildman–Crippen MR) is 96.6 cm³/mol. The van der Waals surface area contributed by atoms with Crippen molar-refractivity contribution in [3.05, 3.63) is 71.5 Å².